The van der Waals surface area contributed by atoms with E-state index in [0.717, 1.165) is 0 Å². The number of hydrogen-bond donors (Lipinski definition) is 1. The molecule has 0 radical (unpaired) electrons. The average molecular weight is 293 g/mol. The van der Waals surface area contributed by atoms with Gasteiger partial charge in [0, 0.05) is 18.2 Å². The van der Waals surface area contributed by atoms with Crippen LogP contribution in [0.3, 0.4) is 0 Å². The molecule has 4 heteroatoms. The molecule has 0 unspecified atom stereocenters. The molecule has 0 fully saturated rings. The average Bonchev–Trinajstić information content (AvgIpc) is 2.44. The second-order valence-corrected chi connectivity index (χ2v) is 5.40. The summed E-state index contributed by atoms with van der Waals surface area (Å²) in [4.78, 5) is 0. The van der Waals surface area contributed by atoms with E-state index in [1.807, 2.05) is 13.8 Å². The number of nitrogens with one attached hydrogen (secondary N) is 1. The van der Waals surface area contributed by atoms with E-state index in [2.05, 4.69) is 5.32 Å². The van der Waals surface area contributed by atoms with Crippen LogP contribution in [-0.2, 0) is 6.54 Å². The van der Waals surface area contributed by atoms with Gasteiger partial charge in [-0.1, -0.05) is 32.0 Å². The van der Waals surface area contributed by atoms with Gasteiger partial charge in [-0.2, -0.15) is 0 Å². The Morgan fingerprint density at radius 2 is 1.62 bits per heavy atom. The third kappa shape index (κ3) is 3.45. The molecule has 0 aliphatic rings. The summed E-state index contributed by atoms with van der Waals surface area (Å²) in [5.41, 5.74) is 1.51. The lowest BCUT2D eigenvalue weighted by Gasteiger charge is -2.14. The summed E-state index contributed by atoms with van der Waals surface area (Å²) in [7, 11) is 0. The molecule has 2 aromatic rings. The van der Waals surface area contributed by atoms with Crippen molar-refractivity contribution in [3.63, 3.8) is 0 Å². The second-order valence-electron chi connectivity index (χ2n) is 5.40. The Labute approximate surface area is 122 Å². The van der Waals surface area contributed by atoms with Crippen LogP contribution >= 0.6 is 0 Å². The Morgan fingerprint density at radius 3 is 2.29 bits per heavy atom. The molecule has 112 valence electrons. The van der Waals surface area contributed by atoms with Crippen molar-refractivity contribution in [2.24, 2.45) is 0 Å². The van der Waals surface area contributed by atoms with Gasteiger partial charge in [0.15, 0.2) is 11.6 Å². The lowest BCUT2D eigenvalue weighted by molar-refractivity contribution is 0.505. The lowest BCUT2D eigenvalue weighted by Crippen LogP contribution is -2.22. The molecule has 0 bridgehead atoms. The van der Waals surface area contributed by atoms with Crippen molar-refractivity contribution < 1.29 is 13.2 Å². The van der Waals surface area contributed by atoms with Gasteiger partial charge in [0.05, 0.1) is 0 Å². The first-order valence-corrected chi connectivity index (χ1v) is 6.87. The Hall–Kier alpha value is -1.81. The topological polar surface area (TPSA) is 12.0 Å². The number of hydrogen-bond acceptors (Lipinski definition) is 1. The van der Waals surface area contributed by atoms with Crippen LogP contribution in [0.1, 0.15) is 25.0 Å². The van der Waals surface area contributed by atoms with Gasteiger partial charge >= 0.3 is 0 Å². The summed E-state index contributed by atoms with van der Waals surface area (Å²) in [5.74, 6) is -2.15. The van der Waals surface area contributed by atoms with Crippen LogP contribution in [0.25, 0.3) is 11.1 Å². The predicted octanol–water partition coefficient (Wildman–Crippen LogP) is 4.58. The molecule has 0 saturated carbocycles. The molecule has 0 aromatic heterocycles. The molecule has 0 aliphatic carbocycles. The molecule has 0 amide bonds. The Morgan fingerprint density at radius 1 is 0.952 bits per heavy atom. The van der Waals surface area contributed by atoms with Crippen molar-refractivity contribution in [2.75, 3.05) is 0 Å². The highest BCUT2D eigenvalue weighted by atomic mass is 19.2. The molecular weight excluding hydrogens is 275 g/mol. The van der Waals surface area contributed by atoms with E-state index in [4.69, 9.17) is 0 Å². The molecule has 2 rings (SSSR count). The van der Waals surface area contributed by atoms with E-state index in [-0.39, 0.29) is 17.2 Å². The van der Waals surface area contributed by atoms with E-state index in [1.54, 1.807) is 0 Å². The molecular formula is C17H18F3N. The van der Waals surface area contributed by atoms with Crippen LogP contribution in [0, 0.1) is 24.4 Å². The van der Waals surface area contributed by atoms with Crippen LogP contribution in [0.4, 0.5) is 13.2 Å². The largest absolute Gasteiger partial charge is 0.310 e. The van der Waals surface area contributed by atoms with Gasteiger partial charge in [-0.3, -0.25) is 0 Å². The second kappa shape index (κ2) is 6.31. The number of aryl methyl sites for hydroxylation is 1. The minimum Gasteiger partial charge on any atom is -0.310 e. The minimum absolute atomic E-state index is 0.152. The fourth-order valence-electron chi connectivity index (χ4n) is 2.14. The zero-order chi connectivity index (χ0) is 15.6. The first-order chi connectivity index (χ1) is 9.90. The molecule has 0 aliphatic heterocycles. The highest BCUT2D eigenvalue weighted by molar-refractivity contribution is 5.68. The molecule has 1 N–H and O–H groups in total. The van der Waals surface area contributed by atoms with Gasteiger partial charge in [0.1, 0.15) is 5.82 Å². The predicted molar refractivity (Wildman–Crippen MR) is 78.5 cm³/mol. The van der Waals surface area contributed by atoms with E-state index >= 15 is 0 Å². The standard InChI is InChI=1S/C17H18F3N/c1-10(2)21-9-12-8-13(18)5-7-14(12)15-6-4-11(3)16(19)17(15)20/h4-8,10,21H,9H2,1-3H3. The fraction of sp³-hybridized carbons (Fsp3) is 0.294. The normalized spacial score (nSPS) is 11.2. The molecule has 0 heterocycles. The SMILES string of the molecule is Cc1ccc(-c2ccc(F)cc2CNC(C)C)c(F)c1F. The zero-order valence-corrected chi connectivity index (χ0v) is 12.3. The molecule has 2 aromatic carbocycles. The monoisotopic (exact) mass is 293 g/mol. The van der Waals surface area contributed by atoms with Crippen LogP contribution in [-0.4, -0.2) is 6.04 Å². The Kier molecular flexibility index (Phi) is 4.68. The third-order valence-corrected chi connectivity index (χ3v) is 3.33. The number of rotatable bonds is 4. The van der Waals surface area contributed by atoms with Crippen molar-refractivity contribution in [1.29, 1.82) is 0 Å². The molecule has 0 atom stereocenters. The van der Waals surface area contributed by atoms with Crippen molar-refractivity contribution in [3.8, 4) is 11.1 Å². The maximum atomic E-state index is 14.1. The van der Waals surface area contributed by atoms with Crippen molar-refractivity contribution in [1.82, 2.24) is 5.32 Å². The van der Waals surface area contributed by atoms with Crippen LogP contribution in [0.15, 0.2) is 30.3 Å². The van der Waals surface area contributed by atoms with E-state index in [9.17, 15) is 13.2 Å². The summed E-state index contributed by atoms with van der Waals surface area (Å²) in [5, 5.41) is 3.16. The van der Waals surface area contributed by atoms with Gasteiger partial charge in [-0.05, 0) is 35.7 Å². The summed E-state index contributed by atoms with van der Waals surface area (Å²) in [6.07, 6.45) is 0. The first-order valence-electron chi connectivity index (χ1n) is 6.87. The summed E-state index contributed by atoms with van der Waals surface area (Å²) < 4.78 is 41.3. The van der Waals surface area contributed by atoms with Gasteiger partial charge in [-0.15, -0.1) is 0 Å². The van der Waals surface area contributed by atoms with Gasteiger partial charge in [-0.25, -0.2) is 13.2 Å². The maximum absolute atomic E-state index is 14.1. The van der Waals surface area contributed by atoms with Crippen LogP contribution in [0.5, 0.6) is 0 Å². The van der Waals surface area contributed by atoms with Crippen LogP contribution in [0.2, 0.25) is 0 Å². The third-order valence-electron chi connectivity index (χ3n) is 3.33. The summed E-state index contributed by atoms with van der Waals surface area (Å²) in [6, 6.07) is 7.35. The molecule has 0 spiro atoms. The zero-order valence-electron chi connectivity index (χ0n) is 12.3. The van der Waals surface area contributed by atoms with Crippen molar-refractivity contribution >= 4 is 0 Å². The summed E-state index contributed by atoms with van der Waals surface area (Å²) >= 11 is 0. The Bertz CT molecular complexity index is 651. The highest BCUT2D eigenvalue weighted by Crippen LogP contribution is 2.29. The van der Waals surface area contributed by atoms with Gasteiger partial charge in [0.25, 0.3) is 0 Å². The van der Waals surface area contributed by atoms with E-state index in [1.165, 1.54) is 37.3 Å². The number of halogens is 3. The Balaban J connectivity index is 2.51. The molecule has 0 saturated heterocycles. The van der Waals surface area contributed by atoms with E-state index in [0.29, 0.717) is 17.7 Å². The minimum atomic E-state index is -0.896. The van der Waals surface area contributed by atoms with E-state index < -0.39 is 17.5 Å². The lowest BCUT2D eigenvalue weighted by atomic mass is 9.97. The number of benzene rings is 2. The highest BCUT2D eigenvalue weighted by Gasteiger charge is 2.15. The first kappa shape index (κ1) is 15.6. The van der Waals surface area contributed by atoms with Crippen molar-refractivity contribution in [2.45, 2.75) is 33.4 Å². The fourth-order valence-corrected chi connectivity index (χ4v) is 2.14. The maximum Gasteiger partial charge on any atom is 0.166 e. The molecule has 1 nitrogen and oxygen atoms in total. The van der Waals surface area contributed by atoms with Gasteiger partial charge < -0.3 is 5.32 Å². The smallest absolute Gasteiger partial charge is 0.166 e. The van der Waals surface area contributed by atoms with Crippen molar-refractivity contribution in [3.05, 3.63) is 58.9 Å². The van der Waals surface area contributed by atoms with Gasteiger partial charge in [0.2, 0.25) is 0 Å². The quantitative estimate of drug-likeness (QED) is 0.870. The molecule has 21 heavy (non-hydrogen) atoms. The summed E-state index contributed by atoms with van der Waals surface area (Å²) in [6.45, 7) is 5.82. The van der Waals surface area contributed by atoms with Crippen LogP contribution < -0.4 is 5.32 Å².